The molecular formula is C19H22N4O4. The Balaban J connectivity index is 2.15. The van der Waals surface area contributed by atoms with Crippen molar-refractivity contribution in [3.63, 3.8) is 0 Å². The molecule has 0 aliphatic carbocycles. The van der Waals surface area contributed by atoms with Crippen LogP contribution in [0.5, 0.6) is 0 Å². The number of nitrogens with one attached hydrogen (secondary N) is 1. The predicted molar refractivity (Wildman–Crippen MR) is 101 cm³/mol. The first kappa shape index (κ1) is 18.7. The van der Waals surface area contributed by atoms with Crippen LogP contribution in [-0.2, 0) is 6.54 Å². The van der Waals surface area contributed by atoms with Crippen LogP contribution in [0.25, 0.3) is 16.9 Å². The number of amides is 1. The highest BCUT2D eigenvalue weighted by Crippen LogP contribution is 2.26. The summed E-state index contributed by atoms with van der Waals surface area (Å²) >= 11 is 0. The zero-order valence-electron chi connectivity index (χ0n) is 15.5. The summed E-state index contributed by atoms with van der Waals surface area (Å²) in [7, 11) is 0. The van der Waals surface area contributed by atoms with E-state index in [2.05, 4.69) is 16.9 Å². The molecular weight excluding hydrogens is 348 g/mol. The largest absolute Gasteiger partial charge is 0.466 e. The van der Waals surface area contributed by atoms with Crippen molar-refractivity contribution in [1.29, 1.82) is 0 Å². The normalized spacial score (nSPS) is 12.3. The molecule has 2 N–H and O–H groups in total. The molecule has 1 amide bonds. The topological polar surface area (TPSA) is 102 Å². The number of aliphatic hydroxyl groups is 1. The van der Waals surface area contributed by atoms with Crippen LogP contribution in [0.1, 0.15) is 28.9 Å². The number of nitrogens with zero attached hydrogens (tertiary/aromatic N) is 3. The number of fused-ring (bicyclic) bond motifs is 1. The molecule has 3 heterocycles. The molecule has 0 unspecified atom stereocenters. The zero-order valence-corrected chi connectivity index (χ0v) is 15.5. The van der Waals surface area contributed by atoms with Crippen LogP contribution < -0.4 is 10.9 Å². The minimum absolute atomic E-state index is 0.103. The first-order valence-electron chi connectivity index (χ1n) is 8.59. The van der Waals surface area contributed by atoms with Crippen LogP contribution in [0, 0.1) is 13.8 Å². The second kappa shape index (κ2) is 7.24. The molecule has 27 heavy (non-hydrogen) atoms. The van der Waals surface area contributed by atoms with Crippen LogP contribution in [-0.4, -0.2) is 37.6 Å². The molecule has 8 heteroatoms. The maximum atomic E-state index is 13.0. The lowest BCUT2D eigenvalue weighted by Gasteiger charge is -2.11. The summed E-state index contributed by atoms with van der Waals surface area (Å²) in [6, 6.07) is 1.86. The van der Waals surface area contributed by atoms with E-state index in [0.717, 1.165) is 11.3 Å². The van der Waals surface area contributed by atoms with Gasteiger partial charge >= 0.3 is 0 Å². The Morgan fingerprint density at radius 3 is 2.78 bits per heavy atom. The fourth-order valence-corrected chi connectivity index (χ4v) is 2.93. The summed E-state index contributed by atoms with van der Waals surface area (Å²) in [6.45, 7) is 9.36. The number of allylic oxidation sites excluding steroid dienone is 1. The van der Waals surface area contributed by atoms with E-state index in [1.807, 2.05) is 19.9 Å². The molecule has 0 aliphatic heterocycles. The SMILES string of the molecule is C=CCn1c(-c2cc(C)oc2C)cn2cc(C(=O)NC[C@@H](C)O)nc2c1=O. The van der Waals surface area contributed by atoms with Gasteiger partial charge in [-0.3, -0.25) is 18.6 Å². The van der Waals surface area contributed by atoms with Gasteiger partial charge in [0.15, 0.2) is 0 Å². The van der Waals surface area contributed by atoms with Crippen molar-refractivity contribution in [2.45, 2.75) is 33.4 Å². The number of carbonyl (C=O) groups is 1. The van der Waals surface area contributed by atoms with E-state index in [1.165, 1.54) is 10.6 Å². The first-order valence-corrected chi connectivity index (χ1v) is 8.59. The molecule has 3 aromatic heterocycles. The number of aryl methyl sites for hydroxylation is 2. The second-order valence-electron chi connectivity index (χ2n) is 6.46. The number of rotatable bonds is 6. The number of aromatic nitrogens is 3. The van der Waals surface area contributed by atoms with Gasteiger partial charge in [-0.15, -0.1) is 6.58 Å². The summed E-state index contributed by atoms with van der Waals surface area (Å²) in [6.07, 6.45) is 4.20. The highest BCUT2D eigenvalue weighted by Gasteiger charge is 2.19. The molecule has 0 bridgehead atoms. The fourth-order valence-electron chi connectivity index (χ4n) is 2.93. The van der Waals surface area contributed by atoms with Gasteiger partial charge in [0.2, 0.25) is 5.65 Å². The van der Waals surface area contributed by atoms with E-state index in [4.69, 9.17) is 4.42 Å². The van der Waals surface area contributed by atoms with E-state index in [1.54, 1.807) is 23.8 Å². The molecule has 142 valence electrons. The van der Waals surface area contributed by atoms with Gasteiger partial charge in [-0.25, -0.2) is 4.98 Å². The Kier molecular flexibility index (Phi) is 5.00. The summed E-state index contributed by atoms with van der Waals surface area (Å²) in [5.41, 5.74) is 1.35. The lowest BCUT2D eigenvalue weighted by Crippen LogP contribution is -2.30. The monoisotopic (exact) mass is 370 g/mol. The number of imidazole rings is 1. The second-order valence-corrected chi connectivity index (χ2v) is 6.46. The minimum atomic E-state index is -0.672. The highest BCUT2D eigenvalue weighted by atomic mass is 16.3. The van der Waals surface area contributed by atoms with Crippen molar-refractivity contribution in [3.8, 4) is 11.3 Å². The molecule has 0 aromatic carbocycles. The molecule has 0 saturated carbocycles. The predicted octanol–water partition coefficient (Wildman–Crippen LogP) is 1.67. The van der Waals surface area contributed by atoms with Gasteiger partial charge in [0.05, 0.1) is 11.8 Å². The summed E-state index contributed by atoms with van der Waals surface area (Å²) in [5, 5.41) is 11.9. The van der Waals surface area contributed by atoms with E-state index in [0.29, 0.717) is 18.0 Å². The summed E-state index contributed by atoms with van der Waals surface area (Å²) < 4.78 is 8.68. The molecule has 0 fully saturated rings. The zero-order chi connectivity index (χ0) is 19.7. The quantitative estimate of drug-likeness (QED) is 0.643. The van der Waals surface area contributed by atoms with E-state index in [9.17, 15) is 14.7 Å². The lowest BCUT2D eigenvalue weighted by molar-refractivity contribution is 0.0919. The smallest absolute Gasteiger partial charge is 0.295 e. The third kappa shape index (κ3) is 3.56. The third-order valence-electron chi connectivity index (χ3n) is 4.14. The van der Waals surface area contributed by atoms with Crippen LogP contribution in [0.2, 0.25) is 0 Å². The Hall–Kier alpha value is -3.13. The molecule has 3 rings (SSSR count). The van der Waals surface area contributed by atoms with Gasteiger partial charge in [0.25, 0.3) is 11.5 Å². The van der Waals surface area contributed by atoms with E-state index >= 15 is 0 Å². The van der Waals surface area contributed by atoms with Crippen LogP contribution in [0.15, 0.2) is 40.3 Å². The minimum Gasteiger partial charge on any atom is -0.466 e. The van der Waals surface area contributed by atoms with Crippen molar-refractivity contribution >= 4 is 11.6 Å². The molecule has 1 atom stereocenters. The van der Waals surface area contributed by atoms with Crippen LogP contribution in [0.4, 0.5) is 0 Å². The molecule has 0 spiro atoms. The van der Waals surface area contributed by atoms with Gasteiger partial charge in [-0.05, 0) is 26.8 Å². The average molecular weight is 370 g/mol. The number of furan rings is 1. The third-order valence-corrected chi connectivity index (χ3v) is 4.14. The molecule has 0 saturated heterocycles. The highest BCUT2D eigenvalue weighted by molar-refractivity contribution is 5.92. The molecule has 3 aromatic rings. The Bertz CT molecular complexity index is 1070. The van der Waals surface area contributed by atoms with E-state index in [-0.39, 0.29) is 23.4 Å². The van der Waals surface area contributed by atoms with E-state index < -0.39 is 12.0 Å². The molecule has 0 radical (unpaired) electrons. The van der Waals surface area contributed by atoms with Crippen LogP contribution in [0.3, 0.4) is 0 Å². The standard InChI is InChI=1S/C19H22N4O4/c1-5-6-23-16(14-7-12(3)27-13(14)4)10-22-9-15(21-17(22)19(23)26)18(25)20-8-11(2)24/h5,7,9-11,24H,1,6,8H2,2-4H3,(H,20,25)/t11-/m1/s1. The lowest BCUT2D eigenvalue weighted by atomic mass is 10.2. The van der Waals surface area contributed by atoms with Crippen LogP contribution >= 0.6 is 0 Å². The summed E-state index contributed by atoms with van der Waals surface area (Å²) in [5.74, 6) is 0.981. The summed E-state index contributed by atoms with van der Waals surface area (Å²) in [4.78, 5) is 29.4. The Labute approximate surface area is 155 Å². The Morgan fingerprint density at radius 2 is 2.19 bits per heavy atom. The van der Waals surface area contributed by atoms with Gasteiger partial charge in [-0.1, -0.05) is 6.08 Å². The van der Waals surface area contributed by atoms with Gasteiger partial charge < -0.3 is 14.8 Å². The maximum absolute atomic E-state index is 13.0. The average Bonchev–Trinajstić information content (AvgIpc) is 3.18. The van der Waals surface area contributed by atoms with Gasteiger partial charge in [-0.2, -0.15) is 0 Å². The van der Waals surface area contributed by atoms with Crippen molar-refractivity contribution in [1.82, 2.24) is 19.3 Å². The Morgan fingerprint density at radius 1 is 1.44 bits per heavy atom. The number of hydrogen-bond donors (Lipinski definition) is 2. The van der Waals surface area contributed by atoms with Crippen molar-refractivity contribution in [2.75, 3.05) is 6.54 Å². The molecule has 0 aliphatic rings. The van der Waals surface area contributed by atoms with Crippen molar-refractivity contribution in [3.05, 3.63) is 58.7 Å². The van der Waals surface area contributed by atoms with Gasteiger partial charge in [0.1, 0.15) is 17.2 Å². The number of carbonyl (C=O) groups excluding carboxylic acids is 1. The maximum Gasteiger partial charge on any atom is 0.295 e. The molecule has 8 nitrogen and oxygen atoms in total. The van der Waals surface area contributed by atoms with Crippen molar-refractivity contribution in [2.24, 2.45) is 0 Å². The number of hydrogen-bond acceptors (Lipinski definition) is 5. The van der Waals surface area contributed by atoms with Crippen molar-refractivity contribution < 1.29 is 14.3 Å². The fraction of sp³-hybridized carbons (Fsp3) is 0.316. The first-order chi connectivity index (χ1) is 12.8. The van der Waals surface area contributed by atoms with Gasteiger partial charge in [0, 0.05) is 31.0 Å². The number of aliphatic hydroxyl groups excluding tert-OH is 1.